The van der Waals surface area contributed by atoms with E-state index >= 15 is 0 Å². The van der Waals surface area contributed by atoms with Crippen molar-refractivity contribution in [2.45, 2.75) is 38.6 Å². The molecule has 2 aromatic heterocycles. The van der Waals surface area contributed by atoms with Crippen molar-refractivity contribution in [2.24, 2.45) is 0 Å². The van der Waals surface area contributed by atoms with E-state index in [4.69, 9.17) is 4.74 Å². The second kappa shape index (κ2) is 10.4. The molecule has 1 fully saturated rings. The molecule has 8 nitrogen and oxygen atoms in total. The second-order valence-corrected chi connectivity index (χ2v) is 8.54. The average Bonchev–Trinajstić information content (AvgIpc) is 3.34. The van der Waals surface area contributed by atoms with E-state index in [-0.39, 0.29) is 30.4 Å². The fourth-order valence-corrected chi connectivity index (χ4v) is 4.47. The van der Waals surface area contributed by atoms with Gasteiger partial charge >= 0.3 is 6.09 Å². The lowest BCUT2D eigenvalue weighted by Crippen LogP contribution is -2.47. The van der Waals surface area contributed by atoms with E-state index in [2.05, 4.69) is 15.6 Å². The van der Waals surface area contributed by atoms with Crippen LogP contribution in [0.15, 0.2) is 22.9 Å². The highest BCUT2D eigenvalue weighted by molar-refractivity contribution is 7.14. The van der Waals surface area contributed by atoms with E-state index in [0.29, 0.717) is 49.8 Å². The predicted molar refractivity (Wildman–Crippen MR) is 112 cm³/mol. The van der Waals surface area contributed by atoms with Gasteiger partial charge in [-0.15, -0.1) is 22.7 Å². The first kappa shape index (κ1) is 21.3. The van der Waals surface area contributed by atoms with Gasteiger partial charge in [-0.25, -0.2) is 9.78 Å². The van der Waals surface area contributed by atoms with Gasteiger partial charge in [-0.3, -0.25) is 9.59 Å². The van der Waals surface area contributed by atoms with Crippen molar-refractivity contribution in [1.82, 2.24) is 15.2 Å². The molecule has 1 aliphatic heterocycles. The van der Waals surface area contributed by atoms with E-state index in [1.54, 1.807) is 17.2 Å². The van der Waals surface area contributed by atoms with Crippen molar-refractivity contribution in [1.29, 1.82) is 0 Å². The SMILES string of the molecule is CCOC(=O)N1CCC(NC(=O)Cc2csc(NC(=O)Cc3cccs3)n2)CC1. The molecule has 29 heavy (non-hydrogen) atoms. The molecule has 0 radical (unpaired) electrons. The van der Waals surface area contributed by atoms with Gasteiger partial charge in [0.25, 0.3) is 0 Å². The van der Waals surface area contributed by atoms with Crippen molar-refractivity contribution in [3.63, 3.8) is 0 Å². The van der Waals surface area contributed by atoms with Gasteiger partial charge in [-0.2, -0.15) is 0 Å². The summed E-state index contributed by atoms with van der Waals surface area (Å²) in [4.78, 5) is 43.0. The first-order valence-electron chi connectivity index (χ1n) is 9.51. The Kier molecular flexibility index (Phi) is 7.59. The van der Waals surface area contributed by atoms with Crippen molar-refractivity contribution in [3.8, 4) is 0 Å². The molecular formula is C19H24N4O4S2. The Morgan fingerprint density at radius 2 is 2.00 bits per heavy atom. The summed E-state index contributed by atoms with van der Waals surface area (Å²) < 4.78 is 5.00. The van der Waals surface area contributed by atoms with Crippen LogP contribution in [-0.2, 0) is 27.2 Å². The third-order valence-electron chi connectivity index (χ3n) is 4.44. The number of hydrogen-bond acceptors (Lipinski definition) is 7. The highest BCUT2D eigenvalue weighted by atomic mass is 32.1. The Morgan fingerprint density at radius 1 is 1.21 bits per heavy atom. The molecular weight excluding hydrogens is 412 g/mol. The van der Waals surface area contributed by atoms with Crippen molar-refractivity contribution < 1.29 is 19.1 Å². The number of carbonyl (C=O) groups excluding carboxylic acids is 3. The zero-order chi connectivity index (χ0) is 20.6. The van der Waals surface area contributed by atoms with Crippen LogP contribution in [0, 0.1) is 0 Å². The van der Waals surface area contributed by atoms with E-state index in [0.717, 1.165) is 4.88 Å². The first-order chi connectivity index (χ1) is 14.0. The summed E-state index contributed by atoms with van der Waals surface area (Å²) in [6.45, 7) is 3.28. The minimum absolute atomic E-state index is 0.0387. The topological polar surface area (TPSA) is 101 Å². The molecule has 0 bridgehead atoms. The Bertz CT molecular complexity index is 829. The highest BCUT2D eigenvalue weighted by Gasteiger charge is 2.24. The van der Waals surface area contributed by atoms with E-state index in [9.17, 15) is 14.4 Å². The monoisotopic (exact) mass is 436 g/mol. The lowest BCUT2D eigenvalue weighted by Gasteiger charge is -2.31. The molecule has 0 unspecified atom stereocenters. The van der Waals surface area contributed by atoms with Crippen LogP contribution in [0.3, 0.4) is 0 Å². The minimum Gasteiger partial charge on any atom is -0.450 e. The number of amides is 3. The maximum atomic E-state index is 12.3. The van der Waals surface area contributed by atoms with Crippen LogP contribution in [0.4, 0.5) is 9.93 Å². The molecule has 0 aliphatic carbocycles. The van der Waals surface area contributed by atoms with Crippen molar-refractivity contribution in [2.75, 3.05) is 25.0 Å². The van der Waals surface area contributed by atoms with Crippen LogP contribution < -0.4 is 10.6 Å². The fraction of sp³-hybridized carbons (Fsp3) is 0.474. The molecule has 1 aliphatic rings. The predicted octanol–water partition coefficient (Wildman–Crippen LogP) is 2.67. The summed E-state index contributed by atoms with van der Waals surface area (Å²) >= 11 is 2.85. The van der Waals surface area contributed by atoms with E-state index in [1.807, 2.05) is 17.5 Å². The quantitative estimate of drug-likeness (QED) is 0.695. The molecule has 1 saturated heterocycles. The molecule has 0 saturated carbocycles. The summed E-state index contributed by atoms with van der Waals surface area (Å²) in [5, 5.41) is 9.99. The summed E-state index contributed by atoms with van der Waals surface area (Å²) in [5.41, 5.74) is 0.628. The number of piperidine rings is 1. The normalized spacial score (nSPS) is 14.4. The smallest absolute Gasteiger partial charge is 0.409 e. The Labute approximate surface area is 177 Å². The van der Waals surface area contributed by atoms with Gasteiger partial charge in [0, 0.05) is 29.4 Å². The Hall–Kier alpha value is -2.46. The summed E-state index contributed by atoms with van der Waals surface area (Å²) in [6.07, 6.45) is 1.58. The summed E-state index contributed by atoms with van der Waals surface area (Å²) in [6, 6.07) is 3.87. The fourth-order valence-electron chi connectivity index (χ4n) is 3.04. The van der Waals surface area contributed by atoms with Crippen LogP contribution >= 0.6 is 22.7 Å². The first-order valence-corrected chi connectivity index (χ1v) is 11.3. The lowest BCUT2D eigenvalue weighted by molar-refractivity contribution is -0.121. The van der Waals surface area contributed by atoms with Gasteiger partial charge in [0.2, 0.25) is 11.8 Å². The van der Waals surface area contributed by atoms with Crippen LogP contribution in [0.5, 0.6) is 0 Å². The van der Waals surface area contributed by atoms with Crippen LogP contribution in [0.25, 0.3) is 0 Å². The number of ether oxygens (including phenoxy) is 1. The van der Waals surface area contributed by atoms with E-state index in [1.165, 1.54) is 22.7 Å². The third-order valence-corrected chi connectivity index (χ3v) is 6.12. The molecule has 3 amide bonds. The number of nitrogens with zero attached hydrogens (tertiary/aromatic N) is 2. The molecule has 0 atom stereocenters. The number of likely N-dealkylation sites (tertiary alicyclic amines) is 1. The number of thiazole rings is 1. The minimum atomic E-state index is -0.298. The van der Waals surface area contributed by atoms with Gasteiger partial charge in [-0.05, 0) is 31.2 Å². The van der Waals surface area contributed by atoms with Crippen molar-refractivity contribution in [3.05, 3.63) is 33.5 Å². The molecule has 0 spiro atoms. The van der Waals surface area contributed by atoms with Crippen LogP contribution in [0.1, 0.15) is 30.3 Å². The van der Waals surface area contributed by atoms with Crippen molar-refractivity contribution >= 4 is 45.7 Å². The van der Waals surface area contributed by atoms with Gasteiger partial charge in [0.15, 0.2) is 5.13 Å². The number of rotatable bonds is 7. The highest BCUT2D eigenvalue weighted by Crippen LogP contribution is 2.18. The second-order valence-electron chi connectivity index (χ2n) is 6.65. The molecule has 0 aromatic carbocycles. The molecule has 2 aromatic rings. The number of thiophene rings is 1. The van der Waals surface area contributed by atoms with Gasteiger partial charge in [0.05, 0.1) is 25.1 Å². The summed E-state index contributed by atoms with van der Waals surface area (Å²) in [5.74, 6) is -0.229. The third kappa shape index (κ3) is 6.53. The van der Waals surface area contributed by atoms with Gasteiger partial charge in [0.1, 0.15) is 0 Å². The molecule has 3 heterocycles. The molecule has 2 N–H and O–H groups in total. The van der Waals surface area contributed by atoms with Crippen LogP contribution in [-0.4, -0.2) is 53.5 Å². The van der Waals surface area contributed by atoms with Gasteiger partial charge in [-0.1, -0.05) is 6.07 Å². The van der Waals surface area contributed by atoms with E-state index < -0.39 is 0 Å². The average molecular weight is 437 g/mol. The molecule has 156 valence electrons. The number of nitrogens with one attached hydrogen (secondary N) is 2. The van der Waals surface area contributed by atoms with Crippen LogP contribution in [0.2, 0.25) is 0 Å². The Morgan fingerprint density at radius 3 is 2.69 bits per heavy atom. The zero-order valence-corrected chi connectivity index (χ0v) is 17.8. The number of carbonyl (C=O) groups is 3. The number of aromatic nitrogens is 1. The molecule has 10 heteroatoms. The number of hydrogen-bond donors (Lipinski definition) is 2. The maximum absolute atomic E-state index is 12.3. The lowest BCUT2D eigenvalue weighted by atomic mass is 10.1. The Balaban J connectivity index is 1.40. The van der Waals surface area contributed by atoms with Gasteiger partial charge < -0.3 is 20.3 Å². The molecule has 3 rings (SSSR count). The summed E-state index contributed by atoms with van der Waals surface area (Å²) in [7, 11) is 0. The maximum Gasteiger partial charge on any atom is 0.409 e. The largest absolute Gasteiger partial charge is 0.450 e. The standard InChI is InChI=1S/C19H24N4O4S2/c1-2-27-19(26)23-7-5-13(6-8-23)20-16(24)10-14-12-29-18(21-14)22-17(25)11-15-4-3-9-28-15/h3-4,9,12-13H,2,5-8,10-11H2,1H3,(H,20,24)(H,21,22,25). The zero-order valence-electron chi connectivity index (χ0n) is 16.2. The number of anilines is 1.